The normalized spacial score (nSPS) is 21.5. The van der Waals surface area contributed by atoms with E-state index in [1.54, 1.807) is 6.20 Å². The van der Waals surface area contributed by atoms with Gasteiger partial charge in [0, 0.05) is 29.7 Å². The fourth-order valence-electron chi connectivity index (χ4n) is 4.45. The summed E-state index contributed by atoms with van der Waals surface area (Å²) >= 11 is 0. The van der Waals surface area contributed by atoms with Crippen molar-refractivity contribution in [3.8, 4) is 11.5 Å². The molecule has 0 spiro atoms. The van der Waals surface area contributed by atoms with Crippen LogP contribution in [0, 0.1) is 6.92 Å². The number of ether oxygens (including phenoxy) is 2. The van der Waals surface area contributed by atoms with E-state index in [1.165, 1.54) is 0 Å². The van der Waals surface area contributed by atoms with Crippen molar-refractivity contribution in [3.05, 3.63) is 54.0 Å². The van der Waals surface area contributed by atoms with Gasteiger partial charge < -0.3 is 25.2 Å². The number of amides is 1. The monoisotopic (exact) mass is 484 g/mol. The molecule has 1 saturated carbocycles. The largest absolute Gasteiger partial charge is 0.486 e. The highest BCUT2D eigenvalue weighted by atomic mass is 35.5. The van der Waals surface area contributed by atoms with Gasteiger partial charge in [0.05, 0.1) is 23.1 Å². The average Bonchev–Trinajstić information content (AvgIpc) is 2.84. The zero-order chi connectivity index (χ0) is 22.8. The minimum atomic E-state index is -1.39. The number of carbonyl (C=O) groups is 1. The number of nitrogens with zero attached hydrogens (tertiary/aromatic N) is 2. The third kappa shape index (κ3) is 5.09. The molecule has 1 fully saturated rings. The van der Waals surface area contributed by atoms with Gasteiger partial charge in [-0.1, -0.05) is 18.2 Å². The molecule has 8 nitrogen and oxygen atoms in total. The molecule has 9 heteroatoms. The zero-order valence-electron chi connectivity index (χ0n) is 19.0. The van der Waals surface area contributed by atoms with Gasteiger partial charge in [-0.25, -0.2) is 0 Å². The van der Waals surface area contributed by atoms with E-state index in [1.807, 2.05) is 43.3 Å². The molecular formula is C25H29ClN4O4. The number of aliphatic hydroxyl groups is 1. The first-order valence-corrected chi connectivity index (χ1v) is 11.4. The number of pyridine rings is 2. The Labute approximate surface area is 204 Å². The highest BCUT2D eigenvalue weighted by Crippen LogP contribution is 2.32. The molecule has 0 atom stereocenters. The van der Waals surface area contributed by atoms with Crippen molar-refractivity contribution in [1.82, 2.24) is 15.3 Å². The number of halogens is 1. The first kappa shape index (κ1) is 24.2. The number of fused-ring (bicyclic) bond motifs is 2. The van der Waals surface area contributed by atoms with Gasteiger partial charge in [-0.3, -0.25) is 14.8 Å². The predicted octanol–water partition coefficient (Wildman–Crippen LogP) is 3.53. The Bertz CT molecular complexity index is 1180. The number of hydrogen-bond donors (Lipinski definition) is 3. The predicted molar refractivity (Wildman–Crippen MR) is 132 cm³/mol. The highest BCUT2D eigenvalue weighted by molar-refractivity contribution is 6.03. The molecule has 3 heterocycles. The Kier molecular flexibility index (Phi) is 7.21. The molecule has 34 heavy (non-hydrogen) atoms. The van der Waals surface area contributed by atoms with Crippen LogP contribution in [0.5, 0.6) is 11.5 Å². The fraction of sp³-hybridized carbons (Fsp3) is 0.400. The van der Waals surface area contributed by atoms with Crippen molar-refractivity contribution >= 4 is 34.9 Å². The Morgan fingerprint density at radius 2 is 1.91 bits per heavy atom. The number of rotatable bonds is 5. The van der Waals surface area contributed by atoms with Crippen LogP contribution in [0.2, 0.25) is 0 Å². The lowest BCUT2D eigenvalue weighted by Crippen LogP contribution is -2.48. The summed E-state index contributed by atoms with van der Waals surface area (Å²) in [5, 5.41) is 18.4. The van der Waals surface area contributed by atoms with E-state index in [4.69, 9.17) is 9.47 Å². The van der Waals surface area contributed by atoms with Crippen molar-refractivity contribution in [2.24, 2.45) is 0 Å². The van der Waals surface area contributed by atoms with Gasteiger partial charge in [0.25, 0.3) is 5.91 Å². The molecule has 0 bridgehead atoms. The summed E-state index contributed by atoms with van der Waals surface area (Å²) in [5.41, 5.74) is 1.72. The molecule has 0 radical (unpaired) electrons. The molecule has 1 amide bonds. The van der Waals surface area contributed by atoms with Crippen molar-refractivity contribution in [1.29, 1.82) is 0 Å². The van der Waals surface area contributed by atoms with Crippen molar-refractivity contribution in [3.63, 3.8) is 0 Å². The second kappa shape index (κ2) is 10.1. The van der Waals surface area contributed by atoms with Crippen LogP contribution in [0.25, 0.3) is 10.9 Å². The summed E-state index contributed by atoms with van der Waals surface area (Å²) in [7, 11) is 0. The zero-order valence-corrected chi connectivity index (χ0v) is 19.9. The molecule has 2 aromatic heterocycles. The van der Waals surface area contributed by atoms with Crippen LogP contribution < -0.4 is 20.1 Å². The second-order valence-corrected chi connectivity index (χ2v) is 8.79. The van der Waals surface area contributed by atoms with Crippen LogP contribution >= 0.6 is 12.4 Å². The minimum absolute atomic E-state index is 0. The molecule has 1 aliphatic heterocycles. The van der Waals surface area contributed by atoms with Crippen LogP contribution in [-0.2, 0) is 11.3 Å². The highest BCUT2D eigenvalue weighted by Gasteiger charge is 2.40. The molecule has 3 N–H and O–H groups in total. The lowest BCUT2D eigenvalue weighted by atomic mass is 9.81. The van der Waals surface area contributed by atoms with Gasteiger partial charge in [-0.2, -0.15) is 0 Å². The summed E-state index contributed by atoms with van der Waals surface area (Å²) < 4.78 is 11.1. The van der Waals surface area contributed by atoms with Gasteiger partial charge >= 0.3 is 0 Å². The number of carbonyl (C=O) groups excluding carboxylic acids is 1. The van der Waals surface area contributed by atoms with Crippen molar-refractivity contribution in [2.75, 3.05) is 18.5 Å². The molecule has 1 aliphatic carbocycles. The SMILES string of the molecule is Cc1ccc2cccc(NC(=O)[C@]3(O)CC[C@@H](NCc4cc5c(cn4)OCCO5)CC3)c2n1.Cl. The van der Waals surface area contributed by atoms with Gasteiger partial charge in [-0.05, 0) is 44.7 Å². The Morgan fingerprint density at radius 1 is 1.15 bits per heavy atom. The number of aryl methyl sites for hydroxylation is 1. The number of nitrogens with one attached hydrogen (secondary N) is 2. The summed E-state index contributed by atoms with van der Waals surface area (Å²) in [4.78, 5) is 22.0. The van der Waals surface area contributed by atoms with Crippen molar-refractivity contribution < 1.29 is 19.4 Å². The van der Waals surface area contributed by atoms with E-state index in [0.29, 0.717) is 56.9 Å². The Balaban J connectivity index is 0.00000274. The molecule has 180 valence electrons. The standard InChI is InChI=1S/C25H28N4O4.ClH/c1-16-5-6-17-3-2-4-20(23(17)28-16)29-24(30)25(31)9-7-18(8-10-25)26-14-19-13-21-22(15-27-19)33-12-11-32-21;/h2-6,13,15,18,26,31H,7-12,14H2,1H3,(H,29,30);1H/t18-,25+;. The van der Waals surface area contributed by atoms with Gasteiger partial charge in [-0.15, -0.1) is 12.4 Å². The smallest absolute Gasteiger partial charge is 0.256 e. The van der Waals surface area contributed by atoms with Crippen LogP contribution in [0.1, 0.15) is 37.1 Å². The maximum Gasteiger partial charge on any atom is 0.256 e. The Morgan fingerprint density at radius 3 is 2.71 bits per heavy atom. The minimum Gasteiger partial charge on any atom is -0.486 e. The van der Waals surface area contributed by atoms with E-state index in [0.717, 1.165) is 28.0 Å². The molecule has 1 aromatic carbocycles. The topological polar surface area (TPSA) is 106 Å². The van der Waals surface area contributed by atoms with Gasteiger partial charge in [0.15, 0.2) is 11.5 Å². The third-order valence-corrected chi connectivity index (χ3v) is 6.40. The molecule has 2 aliphatic rings. The maximum absolute atomic E-state index is 13.0. The Hall–Kier alpha value is -2.94. The van der Waals surface area contributed by atoms with Gasteiger partial charge in [0.1, 0.15) is 18.8 Å². The second-order valence-electron chi connectivity index (χ2n) is 8.79. The van der Waals surface area contributed by atoms with Crippen LogP contribution in [-0.4, -0.2) is 45.8 Å². The van der Waals surface area contributed by atoms with Crippen molar-refractivity contribution in [2.45, 2.75) is 50.8 Å². The number of aromatic nitrogens is 2. The first-order chi connectivity index (χ1) is 16.0. The first-order valence-electron chi connectivity index (χ1n) is 11.4. The molecule has 0 unspecified atom stereocenters. The van der Waals surface area contributed by atoms with Crippen LogP contribution in [0.4, 0.5) is 5.69 Å². The summed E-state index contributed by atoms with van der Waals surface area (Å²) in [6, 6.07) is 11.7. The number of hydrogen-bond acceptors (Lipinski definition) is 7. The molecule has 5 rings (SSSR count). The van der Waals surface area contributed by atoms with Crippen LogP contribution in [0.3, 0.4) is 0 Å². The number of anilines is 1. The summed E-state index contributed by atoms with van der Waals surface area (Å²) in [6.07, 6.45) is 3.87. The van der Waals surface area contributed by atoms with Gasteiger partial charge in [0.2, 0.25) is 0 Å². The molecular weight excluding hydrogens is 456 g/mol. The number of para-hydroxylation sites is 1. The summed E-state index contributed by atoms with van der Waals surface area (Å²) in [6.45, 7) is 3.59. The molecule has 0 saturated heterocycles. The average molecular weight is 485 g/mol. The third-order valence-electron chi connectivity index (χ3n) is 6.40. The van der Waals surface area contributed by atoms with E-state index in [9.17, 15) is 9.90 Å². The lowest BCUT2D eigenvalue weighted by Gasteiger charge is -2.35. The summed E-state index contributed by atoms with van der Waals surface area (Å²) in [5.74, 6) is 1.03. The maximum atomic E-state index is 13.0. The molecule has 3 aromatic rings. The lowest BCUT2D eigenvalue weighted by molar-refractivity contribution is -0.137. The fourth-order valence-corrected chi connectivity index (χ4v) is 4.45. The quantitative estimate of drug-likeness (QED) is 0.508. The number of benzene rings is 1. The van der Waals surface area contributed by atoms with E-state index < -0.39 is 5.60 Å². The van der Waals surface area contributed by atoms with E-state index in [-0.39, 0.29) is 24.4 Å². The van der Waals surface area contributed by atoms with E-state index in [2.05, 4.69) is 20.6 Å². The van der Waals surface area contributed by atoms with E-state index >= 15 is 0 Å². The van der Waals surface area contributed by atoms with Crippen LogP contribution in [0.15, 0.2) is 42.6 Å².